The second-order valence-electron chi connectivity index (χ2n) is 9.68. The minimum absolute atomic E-state index is 0.131. The molecule has 1 aliphatic carbocycles. The molecule has 35 heavy (non-hydrogen) atoms. The van der Waals surface area contributed by atoms with Crippen molar-refractivity contribution in [3.8, 4) is 6.07 Å². The summed E-state index contributed by atoms with van der Waals surface area (Å²) in [5, 5.41) is 15.8. The number of carboxylic acid groups (broad SMARTS) is 1. The third kappa shape index (κ3) is 5.89. The third-order valence-electron chi connectivity index (χ3n) is 7.10. The fourth-order valence-corrected chi connectivity index (χ4v) is 5.10. The van der Waals surface area contributed by atoms with E-state index >= 15 is 0 Å². The highest BCUT2D eigenvalue weighted by Gasteiger charge is 2.44. The number of rotatable bonds is 6. The van der Waals surface area contributed by atoms with E-state index in [2.05, 4.69) is 22.6 Å². The summed E-state index contributed by atoms with van der Waals surface area (Å²) in [6.45, 7) is 4.75. The number of nitrogens with zero attached hydrogens (tertiary/aromatic N) is 5. The number of carbonyl (C=O) groups is 2. The van der Waals surface area contributed by atoms with E-state index in [1.807, 2.05) is 23.2 Å². The molecule has 186 valence electrons. The van der Waals surface area contributed by atoms with Gasteiger partial charge in [-0.1, -0.05) is 12.1 Å². The van der Waals surface area contributed by atoms with Gasteiger partial charge >= 0.3 is 0 Å². The first-order chi connectivity index (χ1) is 17.0. The zero-order valence-electron chi connectivity index (χ0n) is 20.2. The fourth-order valence-electron chi connectivity index (χ4n) is 5.10. The zero-order valence-corrected chi connectivity index (χ0v) is 20.2. The van der Waals surface area contributed by atoms with Crippen molar-refractivity contribution < 1.29 is 19.4 Å². The van der Waals surface area contributed by atoms with Crippen molar-refractivity contribution in [1.82, 2.24) is 19.4 Å². The number of imidazole rings is 1. The highest BCUT2D eigenvalue weighted by Crippen LogP contribution is 2.39. The minimum Gasteiger partial charge on any atom is -0.483 e. The highest BCUT2D eigenvalue weighted by atomic mass is 16.5. The molecule has 1 saturated heterocycles. The molecule has 1 N–H and O–H groups in total. The average molecular weight is 480 g/mol. The number of hydrogen-bond acceptors (Lipinski definition) is 6. The number of likely N-dealkylation sites (tertiary alicyclic amines) is 1. The molecule has 2 fully saturated rings. The van der Waals surface area contributed by atoms with Gasteiger partial charge in [-0.3, -0.25) is 9.59 Å². The van der Waals surface area contributed by atoms with Crippen LogP contribution in [0, 0.1) is 17.2 Å². The van der Waals surface area contributed by atoms with Crippen molar-refractivity contribution in [1.29, 1.82) is 5.26 Å². The van der Waals surface area contributed by atoms with Crippen molar-refractivity contribution in [2.75, 3.05) is 33.3 Å². The van der Waals surface area contributed by atoms with Gasteiger partial charge in [-0.15, -0.1) is 0 Å². The van der Waals surface area contributed by atoms with Crippen molar-refractivity contribution in [3.05, 3.63) is 53.1 Å². The topological polar surface area (TPSA) is 112 Å². The van der Waals surface area contributed by atoms with E-state index in [-0.39, 0.29) is 18.0 Å². The first kappa shape index (κ1) is 24.9. The second kappa shape index (κ2) is 11.0. The quantitative estimate of drug-likeness (QED) is 0.633. The summed E-state index contributed by atoms with van der Waals surface area (Å²) < 4.78 is 8.69. The SMILES string of the molecule is CN(Cc1cnc2n1CCOC21CCN(C(=O)Cc2ccc(C#N)cc2)CC1)CC1CC1.O=CO. The Kier molecular flexibility index (Phi) is 7.83. The molecule has 2 aromatic rings. The average Bonchev–Trinajstić information content (AvgIpc) is 3.58. The summed E-state index contributed by atoms with van der Waals surface area (Å²) in [6.07, 6.45) is 6.68. The van der Waals surface area contributed by atoms with Crippen LogP contribution in [0.3, 0.4) is 0 Å². The first-order valence-corrected chi connectivity index (χ1v) is 12.2. The molecular weight excluding hydrogens is 446 g/mol. The van der Waals surface area contributed by atoms with E-state index in [1.165, 1.54) is 25.1 Å². The zero-order chi connectivity index (χ0) is 24.8. The number of fused-ring (bicyclic) bond motifs is 2. The monoisotopic (exact) mass is 479 g/mol. The molecule has 9 nitrogen and oxygen atoms in total. The Morgan fingerprint density at radius 3 is 2.60 bits per heavy atom. The van der Waals surface area contributed by atoms with Crippen LogP contribution in [-0.4, -0.2) is 70.1 Å². The molecule has 9 heteroatoms. The standard InChI is InChI=1S/C25H31N5O2.CH2O2/c1-28(17-21-6-7-21)18-22-16-27-24-25(32-13-12-30(22)24)8-10-29(11-9-25)23(31)14-19-2-4-20(15-26)5-3-19;2-1-3/h2-5,16,21H,6-14,17-18H2,1H3;1H,(H,2,3). The van der Waals surface area contributed by atoms with Crippen molar-refractivity contribution in [3.63, 3.8) is 0 Å². The van der Waals surface area contributed by atoms with Crippen molar-refractivity contribution in [2.24, 2.45) is 5.92 Å². The molecule has 1 aromatic heterocycles. The van der Waals surface area contributed by atoms with E-state index in [0.29, 0.717) is 31.7 Å². The molecule has 1 aromatic carbocycles. The maximum Gasteiger partial charge on any atom is 0.290 e. The smallest absolute Gasteiger partial charge is 0.290 e. The Morgan fingerprint density at radius 1 is 1.29 bits per heavy atom. The largest absolute Gasteiger partial charge is 0.483 e. The lowest BCUT2D eigenvalue weighted by atomic mass is 9.89. The molecule has 0 unspecified atom stereocenters. The Labute approximate surface area is 205 Å². The minimum atomic E-state index is -0.378. The number of ether oxygens (including phenoxy) is 1. The second-order valence-corrected chi connectivity index (χ2v) is 9.68. The molecule has 1 saturated carbocycles. The summed E-state index contributed by atoms with van der Waals surface area (Å²) in [5.41, 5.74) is 2.45. The maximum absolute atomic E-state index is 12.9. The number of nitriles is 1. The fraction of sp³-hybridized carbons (Fsp3) is 0.538. The lowest BCUT2D eigenvalue weighted by Gasteiger charge is -2.43. The lowest BCUT2D eigenvalue weighted by Crippen LogP contribution is -2.50. The number of aromatic nitrogens is 2. The normalized spacial score (nSPS) is 18.4. The Hall–Kier alpha value is -3.22. The van der Waals surface area contributed by atoms with Gasteiger partial charge in [-0.2, -0.15) is 5.26 Å². The molecule has 3 aliphatic rings. The van der Waals surface area contributed by atoms with Crippen LogP contribution in [0.4, 0.5) is 0 Å². The molecular formula is C26H33N5O4. The van der Waals surface area contributed by atoms with Gasteiger partial charge in [0.25, 0.3) is 6.47 Å². The van der Waals surface area contributed by atoms with Gasteiger partial charge in [-0.25, -0.2) is 4.98 Å². The third-order valence-corrected chi connectivity index (χ3v) is 7.10. The van der Waals surface area contributed by atoms with Crippen LogP contribution in [0.5, 0.6) is 0 Å². The van der Waals surface area contributed by atoms with E-state index in [1.54, 1.807) is 12.1 Å². The number of hydrogen-bond donors (Lipinski definition) is 1. The number of amides is 1. The molecule has 2 aliphatic heterocycles. The van der Waals surface area contributed by atoms with Crippen LogP contribution >= 0.6 is 0 Å². The molecule has 5 rings (SSSR count). The van der Waals surface area contributed by atoms with Crippen LogP contribution in [0.2, 0.25) is 0 Å². The Balaban J connectivity index is 0.000000917. The predicted molar refractivity (Wildman–Crippen MR) is 128 cm³/mol. The van der Waals surface area contributed by atoms with Gasteiger partial charge in [0.15, 0.2) is 0 Å². The Bertz CT molecular complexity index is 1060. The summed E-state index contributed by atoms with van der Waals surface area (Å²) in [4.78, 5) is 30.4. The van der Waals surface area contributed by atoms with E-state index in [4.69, 9.17) is 24.9 Å². The van der Waals surface area contributed by atoms with Crippen LogP contribution in [0.15, 0.2) is 30.5 Å². The summed E-state index contributed by atoms with van der Waals surface area (Å²) in [6, 6.07) is 9.38. The number of piperidine rings is 1. The molecule has 0 bridgehead atoms. The maximum atomic E-state index is 12.9. The van der Waals surface area contributed by atoms with Crippen LogP contribution in [0.25, 0.3) is 0 Å². The predicted octanol–water partition coefficient (Wildman–Crippen LogP) is 2.39. The molecule has 3 heterocycles. The van der Waals surface area contributed by atoms with Crippen molar-refractivity contribution >= 4 is 12.4 Å². The van der Waals surface area contributed by atoms with Gasteiger partial charge in [0.1, 0.15) is 11.4 Å². The van der Waals surface area contributed by atoms with Crippen LogP contribution in [-0.2, 0) is 39.4 Å². The van der Waals surface area contributed by atoms with Gasteiger partial charge in [0.2, 0.25) is 5.91 Å². The van der Waals surface area contributed by atoms with Crippen LogP contribution < -0.4 is 0 Å². The van der Waals surface area contributed by atoms with E-state index in [9.17, 15) is 4.79 Å². The number of carbonyl (C=O) groups excluding carboxylic acids is 1. The summed E-state index contributed by atoms with van der Waals surface area (Å²) in [7, 11) is 2.20. The lowest BCUT2D eigenvalue weighted by molar-refractivity contribution is -0.143. The summed E-state index contributed by atoms with van der Waals surface area (Å²) >= 11 is 0. The highest BCUT2D eigenvalue weighted by molar-refractivity contribution is 5.79. The first-order valence-electron chi connectivity index (χ1n) is 12.2. The number of benzene rings is 1. The van der Waals surface area contributed by atoms with Gasteiger partial charge < -0.3 is 24.2 Å². The van der Waals surface area contributed by atoms with Crippen LogP contribution in [0.1, 0.15) is 48.3 Å². The molecule has 0 atom stereocenters. The molecule has 0 radical (unpaired) electrons. The van der Waals surface area contributed by atoms with E-state index in [0.717, 1.165) is 43.2 Å². The van der Waals surface area contributed by atoms with Gasteiger partial charge in [0, 0.05) is 51.8 Å². The van der Waals surface area contributed by atoms with Crippen molar-refractivity contribution in [2.45, 2.75) is 50.8 Å². The Morgan fingerprint density at radius 2 is 1.97 bits per heavy atom. The van der Waals surface area contributed by atoms with E-state index < -0.39 is 0 Å². The molecule has 1 spiro atoms. The van der Waals surface area contributed by atoms with Gasteiger partial charge in [-0.05, 0) is 43.5 Å². The summed E-state index contributed by atoms with van der Waals surface area (Å²) in [5.74, 6) is 2.05. The molecule has 1 amide bonds. The van der Waals surface area contributed by atoms with Gasteiger partial charge in [0.05, 0.1) is 30.4 Å².